The van der Waals surface area contributed by atoms with Gasteiger partial charge in [0.2, 0.25) is 5.95 Å². The maximum Gasteiger partial charge on any atom is 0.245 e. The highest BCUT2D eigenvalue weighted by Crippen LogP contribution is 2.16. The molecule has 1 atom stereocenters. The van der Waals surface area contributed by atoms with Crippen LogP contribution in [0.15, 0.2) is 18.3 Å². The van der Waals surface area contributed by atoms with Crippen LogP contribution in [0.5, 0.6) is 0 Å². The van der Waals surface area contributed by atoms with Crippen molar-refractivity contribution in [3.05, 3.63) is 23.9 Å². The molecule has 0 saturated carbocycles. The largest absolute Gasteiger partial charge is 0.338 e. The van der Waals surface area contributed by atoms with Gasteiger partial charge in [-0.05, 0) is 44.9 Å². The van der Waals surface area contributed by atoms with Crippen LogP contribution in [0.1, 0.15) is 31.7 Å². The third kappa shape index (κ3) is 2.63. The molecule has 0 aliphatic carbocycles. The van der Waals surface area contributed by atoms with Crippen LogP contribution < -0.4 is 10.2 Å². The molecule has 1 N–H and O–H groups in total. The number of anilines is 1. The number of aromatic nitrogens is 3. The molecule has 2 aromatic rings. The van der Waals surface area contributed by atoms with E-state index in [-0.39, 0.29) is 0 Å². The zero-order valence-corrected chi connectivity index (χ0v) is 12.3. The summed E-state index contributed by atoms with van der Waals surface area (Å²) in [4.78, 5) is 6.97. The second-order valence-electron chi connectivity index (χ2n) is 5.56. The smallest absolute Gasteiger partial charge is 0.245 e. The van der Waals surface area contributed by atoms with E-state index in [1.807, 2.05) is 16.8 Å². The van der Waals surface area contributed by atoms with Crippen molar-refractivity contribution in [2.75, 3.05) is 24.5 Å². The van der Waals surface area contributed by atoms with Gasteiger partial charge in [0.15, 0.2) is 5.65 Å². The Bertz CT molecular complexity index is 571. The van der Waals surface area contributed by atoms with Crippen molar-refractivity contribution < 1.29 is 0 Å². The van der Waals surface area contributed by atoms with Gasteiger partial charge >= 0.3 is 0 Å². The van der Waals surface area contributed by atoms with Crippen LogP contribution in [0.2, 0.25) is 0 Å². The van der Waals surface area contributed by atoms with Gasteiger partial charge in [-0.3, -0.25) is 0 Å². The fraction of sp³-hybridized carbons (Fsp3) is 0.600. The standard InChI is InChI=1S/C15H23N5/c1-3-19(11-13-8-4-5-9-16-13)15-17-14-12(2)7-6-10-20(14)18-15/h6-7,10,13,16H,3-5,8-9,11H2,1-2H3. The molecule has 0 amide bonds. The van der Waals surface area contributed by atoms with Gasteiger partial charge in [-0.15, -0.1) is 5.10 Å². The van der Waals surface area contributed by atoms with Crippen molar-refractivity contribution in [2.24, 2.45) is 0 Å². The molecule has 3 rings (SSSR count). The van der Waals surface area contributed by atoms with Gasteiger partial charge in [-0.1, -0.05) is 12.5 Å². The quantitative estimate of drug-likeness (QED) is 0.925. The molecule has 0 bridgehead atoms. The highest BCUT2D eigenvalue weighted by molar-refractivity contribution is 5.50. The maximum atomic E-state index is 4.70. The first-order valence-electron chi connectivity index (χ1n) is 7.58. The van der Waals surface area contributed by atoms with E-state index in [2.05, 4.69) is 35.2 Å². The number of nitrogens with zero attached hydrogens (tertiary/aromatic N) is 4. The van der Waals surface area contributed by atoms with Gasteiger partial charge < -0.3 is 10.2 Å². The minimum atomic E-state index is 0.566. The Kier molecular flexibility index (Phi) is 3.87. The molecule has 1 fully saturated rings. The van der Waals surface area contributed by atoms with E-state index in [4.69, 9.17) is 4.98 Å². The average Bonchev–Trinajstić information content (AvgIpc) is 2.91. The molecule has 5 nitrogen and oxygen atoms in total. The van der Waals surface area contributed by atoms with Crippen LogP contribution in [0.3, 0.4) is 0 Å². The van der Waals surface area contributed by atoms with Crippen LogP contribution in [0, 0.1) is 6.92 Å². The number of likely N-dealkylation sites (N-methyl/N-ethyl adjacent to an activating group) is 1. The predicted molar refractivity (Wildman–Crippen MR) is 81.3 cm³/mol. The molecule has 20 heavy (non-hydrogen) atoms. The molecule has 108 valence electrons. The second kappa shape index (κ2) is 5.79. The highest BCUT2D eigenvalue weighted by Gasteiger charge is 2.19. The Morgan fingerprint density at radius 2 is 2.35 bits per heavy atom. The Balaban J connectivity index is 1.81. The molecule has 5 heteroatoms. The van der Waals surface area contributed by atoms with E-state index < -0.39 is 0 Å². The molecule has 0 aromatic carbocycles. The number of nitrogens with one attached hydrogen (secondary N) is 1. The zero-order chi connectivity index (χ0) is 13.9. The first-order chi connectivity index (χ1) is 9.78. The first-order valence-corrected chi connectivity index (χ1v) is 7.58. The summed E-state index contributed by atoms with van der Waals surface area (Å²) in [6.07, 6.45) is 5.84. The lowest BCUT2D eigenvalue weighted by Crippen LogP contribution is -2.44. The number of hydrogen-bond acceptors (Lipinski definition) is 4. The van der Waals surface area contributed by atoms with Crippen molar-refractivity contribution in [3.8, 4) is 0 Å². The molecule has 0 spiro atoms. The monoisotopic (exact) mass is 273 g/mol. The van der Waals surface area contributed by atoms with Gasteiger partial charge in [0, 0.05) is 25.3 Å². The summed E-state index contributed by atoms with van der Waals surface area (Å²) in [5.41, 5.74) is 2.12. The topological polar surface area (TPSA) is 45.5 Å². The lowest BCUT2D eigenvalue weighted by molar-refractivity contribution is 0.399. The summed E-state index contributed by atoms with van der Waals surface area (Å²) < 4.78 is 1.88. The molecule has 1 aliphatic rings. The summed E-state index contributed by atoms with van der Waals surface area (Å²) in [6.45, 7) is 7.31. The number of fused-ring (bicyclic) bond motifs is 1. The second-order valence-corrected chi connectivity index (χ2v) is 5.56. The van der Waals surface area contributed by atoms with Crippen molar-refractivity contribution in [1.82, 2.24) is 19.9 Å². The fourth-order valence-electron chi connectivity index (χ4n) is 2.86. The number of piperidine rings is 1. The van der Waals surface area contributed by atoms with Gasteiger partial charge in [-0.2, -0.15) is 4.98 Å². The lowest BCUT2D eigenvalue weighted by atomic mass is 10.0. The average molecular weight is 273 g/mol. The third-order valence-corrected chi connectivity index (χ3v) is 4.06. The lowest BCUT2D eigenvalue weighted by Gasteiger charge is -2.29. The molecular formula is C15H23N5. The maximum absolute atomic E-state index is 4.70. The van der Waals surface area contributed by atoms with Crippen LogP contribution in [0.25, 0.3) is 5.65 Å². The zero-order valence-electron chi connectivity index (χ0n) is 12.3. The van der Waals surface area contributed by atoms with Gasteiger partial charge in [0.25, 0.3) is 0 Å². The Labute approximate surface area is 120 Å². The van der Waals surface area contributed by atoms with Gasteiger partial charge in [0.05, 0.1) is 0 Å². The molecular weight excluding hydrogens is 250 g/mol. The minimum Gasteiger partial charge on any atom is -0.338 e. The van der Waals surface area contributed by atoms with Crippen LogP contribution in [0.4, 0.5) is 5.95 Å². The van der Waals surface area contributed by atoms with E-state index in [1.54, 1.807) is 0 Å². The molecule has 1 saturated heterocycles. The normalized spacial score (nSPS) is 19.4. The molecule has 1 unspecified atom stereocenters. The van der Waals surface area contributed by atoms with E-state index >= 15 is 0 Å². The number of aryl methyl sites for hydroxylation is 1. The van der Waals surface area contributed by atoms with Crippen LogP contribution in [-0.2, 0) is 0 Å². The Hall–Kier alpha value is -1.62. The van der Waals surface area contributed by atoms with E-state index in [9.17, 15) is 0 Å². The van der Waals surface area contributed by atoms with Crippen molar-refractivity contribution >= 4 is 11.6 Å². The predicted octanol–water partition coefficient (Wildman–Crippen LogP) is 2.01. The summed E-state index contributed by atoms with van der Waals surface area (Å²) >= 11 is 0. The van der Waals surface area contributed by atoms with Crippen LogP contribution >= 0.6 is 0 Å². The molecule has 1 aliphatic heterocycles. The van der Waals surface area contributed by atoms with Gasteiger partial charge in [-0.25, -0.2) is 4.52 Å². The van der Waals surface area contributed by atoms with E-state index in [0.717, 1.165) is 36.8 Å². The minimum absolute atomic E-state index is 0.566. The summed E-state index contributed by atoms with van der Waals surface area (Å²) in [7, 11) is 0. The summed E-state index contributed by atoms with van der Waals surface area (Å²) in [5, 5.41) is 8.21. The van der Waals surface area contributed by atoms with Crippen LogP contribution in [-0.4, -0.2) is 40.3 Å². The van der Waals surface area contributed by atoms with E-state index in [1.165, 1.54) is 19.3 Å². The molecule has 2 aromatic heterocycles. The molecule has 0 radical (unpaired) electrons. The highest BCUT2D eigenvalue weighted by atomic mass is 15.4. The number of pyridine rings is 1. The third-order valence-electron chi connectivity index (χ3n) is 4.06. The Morgan fingerprint density at radius 3 is 3.05 bits per heavy atom. The van der Waals surface area contributed by atoms with Crippen molar-refractivity contribution in [2.45, 2.75) is 39.2 Å². The Morgan fingerprint density at radius 1 is 1.45 bits per heavy atom. The fourth-order valence-corrected chi connectivity index (χ4v) is 2.86. The first kappa shape index (κ1) is 13.4. The number of rotatable bonds is 4. The molecule has 3 heterocycles. The number of hydrogen-bond donors (Lipinski definition) is 1. The van der Waals surface area contributed by atoms with Crippen molar-refractivity contribution in [1.29, 1.82) is 0 Å². The summed E-state index contributed by atoms with van der Waals surface area (Å²) in [5.74, 6) is 0.842. The SMILES string of the molecule is CCN(CC1CCCCN1)c1nc2c(C)cccn2n1. The summed E-state index contributed by atoms with van der Waals surface area (Å²) in [6, 6.07) is 4.66. The van der Waals surface area contributed by atoms with Crippen molar-refractivity contribution in [3.63, 3.8) is 0 Å². The van der Waals surface area contributed by atoms with E-state index in [0.29, 0.717) is 6.04 Å². The van der Waals surface area contributed by atoms with Gasteiger partial charge in [0.1, 0.15) is 0 Å².